The number of carboxylic acids is 1. The van der Waals surface area contributed by atoms with Crippen molar-refractivity contribution < 1.29 is 19.5 Å². The summed E-state index contributed by atoms with van der Waals surface area (Å²) in [5.41, 5.74) is 20.8. The van der Waals surface area contributed by atoms with Gasteiger partial charge in [0.2, 0.25) is 11.8 Å². The molecule has 0 aromatic rings. The lowest BCUT2D eigenvalue weighted by molar-refractivity contribution is -0.139. The van der Waals surface area contributed by atoms with Crippen molar-refractivity contribution in [2.75, 3.05) is 6.54 Å². The predicted molar refractivity (Wildman–Crippen MR) is 71.3 cm³/mol. The molecule has 0 aliphatic carbocycles. The molecule has 0 rings (SSSR count). The van der Waals surface area contributed by atoms with E-state index in [1.54, 1.807) is 0 Å². The van der Waals surface area contributed by atoms with Crippen LogP contribution in [-0.2, 0) is 14.4 Å². The molecule has 2 atom stereocenters. The molecular formula is C10H20N6O4. The van der Waals surface area contributed by atoms with E-state index in [4.69, 9.17) is 28.0 Å². The molecule has 2 amide bonds. The Balaban J connectivity index is 4.33. The van der Waals surface area contributed by atoms with Crippen molar-refractivity contribution >= 4 is 23.7 Å². The summed E-state index contributed by atoms with van der Waals surface area (Å²) in [5, 5.41) is 10.8. The second-order valence-electron chi connectivity index (χ2n) is 4.12. The van der Waals surface area contributed by atoms with E-state index in [2.05, 4.69) is 10.3 Å². The van der Waals surface area contributed by atoms with Gasteiger partial charge in [-0.15, -0.1) is 0 Å². The first-order chi connectivity index (χ1) is 9.23. The van der Waals surface area contributed by atoms with E-state index >= 15 is 0 Å². The third-order valence-electron chi connectivity index (χ3n) is 2.34. The molecule has 10 N–H and O–H groups in total. The number of nitrogens with two attached hydrogens (primary N) is 4. The number of hydrogen-bond donors (Lipinski definition) is 6. The highest BCUT2D eigenvalue weighted by Crippen LogP contribution is 1.99. The smallest absolute Gasteiger partial charge is 0.305 e. The van der Waals surface area contributed by atoms with Crippen LogP contribution in [0.25, 0.3) is 0 Å². The van der Waals surface area contributed by atoms with Crippen molar-refractivity contribution in [1.29, 1.82) is 0 Å². The van der Waals surface area contributed by atoms with Crippen LogP contribution in [0.15, 0.2) is 4.99 Å². The van der Waals surface area contributed by atoms with E-state index in [-0.39, 0.29) is 18.9 Å². The lowest BCUT2D eigenvalue weighted by atomic mass is 10.1. The second kappa shape index (κ2) is 8.69. The number of guanidine groups is 1. The molecule has 0 saturated heterocycles. The Morgan fingerprint density at radius 2 is 1.80 bits per heavy atom. The molecule has 10 heteroatoms. The number of carbonyl (C=O) groups is 3. The Labute approximate surface area is 115 Å². The molecule has 20 heavy (non-hydrogen) atoms. The number of nitrogens with one attached hydrogen (secondary N) is 1. The lowest BCUT2D eigenvalue weighted by Crippen LogP contribution is -2.50. The minimum Gasteiger partial charge on any atom is -0.481 e. The number of aliphatic imine (C=N–C) groups is 1. The maximum atomic E-state index is 11.6. The topological polar surface area (TPSA) is 200 Å². The zero-order chi connectivity index (χ0) is 15.7. The van der Waals surface area contributed by atoms with Gasteiger partial charge in [0.15, 0.2) is 5.96 Å². The molecule has 0 unspecified atom stereocenters. The summed E-state index contributed by atoms with van der Waals surface area (Å²) in [6, 6.07) is -2.19. The molecule has 0 aromatic heterocycles. The Hall–Kier alpha value is -2.36. The van der Waals surface area contributed by atoms with Gasteiger partial charge in [-0.3, -0.25) is 19.4 Å². The molecule has 0 radical (unpaired) electrons. The average molecular weight is 288 g/mol. The normalized spacial score (nSPS) is 13.1. The summed E-state index contributed by atoms with van der Waals surface area (Å²) < 4.78 is 0. The number of nitrogens with zero attached hydrogens (tertiary/aromatic N) is 1. The van der Waals surface area contributed by atoms with Gasteiger partial charge in [0, 0.05) is 6.54 Å². The van der Waals surface area contributed by atoms with Crippen LogP contribution in [0.4, 0.5) is 0 Å². The number of aliphatic carboxylic acids is 1. The van der Waals surface area contributed by atoms with Gasteiger partial charge in [-0.1, -0.05) is 0 Å². The standard InChI is InChI=1S/C10H20N6O4/c11-5(4-7(17)18)9(20)16-6(8(12)19)2-1-3-15-10(13)14/h5-6H,1-4,11H2,(H2,12,19)(H,16,20)(H,17,18)(H4,13,14,15)/t5-,6-/m0/s1. The molecule has 0 heterocycles. The van der Waals surface area contributed by atoms with Crippen LogP contribution in [0.2, 0.25) is 0 Å². The van der Waals surface area contributed by atoms with Gasteiger partial charge < -0.3 is 33.4 Å². The van der Waals surface area contributed by atoms with Crippen LogP contribution < -0.4 is 28.3 Å². The van der Waals surface area contributed by atoms with Crippen molar-refractivity contribution in [3.8, 4) is 0 Å². The number of rotatable bonds is 9. The van der Waals surface area contributed by atoms with Crippen molar-refractivity contribution in [1.82, 2.24) is 5.32 Å². The molecule has 0 aliphatic heterocycles. The second-order valence-corrected chi connectivity index (χ2v) is 4.12. The summed E-state index contributed by atoms with van der Waals surface area (Å²) in [4.78, 5) is 36.9. The monoisotopic (exact) mass is 288 g/mol. The Bertz CT molecular complexity index is 393. The third-order valence-corrected chi connectivity index (χ3v) is 2.34. The van der Waals surface area contributed by atoms with Gasteiger partial charge in [0.25, 0.3) is 0 Å². The SMILES string of the molecule is NC(=O)[C@H](CCCN=C(N)N)NC(=O)[C@@H](N)CC(=O)O. The minimum absolute atomic E-state index is 0.0758. The lowest BCUT2D eigenvalue weighted by Gasteiger charge is -2.17. The molecule has 114 valence electrons. The van der Waals surface area contributed by atoms with Gasteiger partial charge in [0.05, 0.1) is 12.5 Å². The van der Waals surface area contributed by atoms with Crippen LogP contribution in [0.1, 0.15) is 19.3 Å². The van der Waals surface area contributed by atoms with Gasteiger partial charge >= 0.3 is 5.97 Å². The van der Waals surface area contributed by atoms with Crippen LogP contribution in [0.5, 0.6) is 0 Å². The number of carboxylic acid groups (broad SMARTS) is 1. The number of carbonyl (C=O) groups excluding carboxylic acids is 2. The highest BCUT2D eigenvalue weighted by Gasteiger charge is 2.23. The largest absolute Gasteiger partial charge is 0.481 e. The fourth-order valence-electron chi connectivity index (χ4n) is 1.35. The van der Waals surface area contributed by atoms with Crippen LogP contribution in [0.3, 0.4) is 0 Å². The zero-order valence-corrected chi connectivity index (χ0v) is 10.9. The van der Waals surface area contributed by atoms with E-state index in [0.717, 1.165) is 0 Å². The predicted octanol–water partition coefficient (Wildman–Crippen LogP) is -3.19. The summed E-state index contributed by atoms with van der Waals surface area (Å²) in [5.74, 6) is -2.78. The number of primary amides is 1. The molecule has 0 saturated carbocycles. The number of hydrogen-bond acceptors (Lipinski definition) is 5. The fourth-order valence-corrected chi connectivity index (χ4v) is 1.35. The summed E-state index contributed by atoms with van der Waals surface area (Å²) in [6.07, 6.45) is 0.100. The zero-order valence-electron chi connectivity index (χ0n) is 10.9. The van der Waals surface area contributed by atoms with Gasteiger partial charge in [-0.2, -0.15) is 0 Å². The molecular weight excluding hydrogens is 268 g/mol. The summed E-state index contributed by atoms with van der Waals surface area (Å²) >= 11 is 0. The first kappa shape index (κ1) is 17.6. The highest BCUT2D eigenvalue weighted by atomic mass is 16.4. The van der Waals surface area contributed by atoms with E-state index in [0.29, 0.717) is 6.42 Å². The molecule has 0 spiro atoms. The van der Waals surface area contributed by atoms with E-state index in [9.17, 15) is 14.4 Å². The third kappa shape index (κ3) is 7.87. The van der Waals surface area contributed by atoms with Crippen molar-refractivity contribution in [3.63, 3.8) is 0 Å². The molecule has 10 nitrogen and oxygen atoms in total. The average Bonchev–Trinajstić information content (AvgIpc) is 2.31. The maximum absolute atomic E-state index is 11.6. The first-order valence-electron chi connectivity index (χ1n) is 5.86. The fraction of sp³-hybridized carbons (Fsp3) is 0.600. The van der Waals surface area contributed by atoms with Crippen LogP contribution in [0, 0.1) is 0 Å². The Kier molecular flexibility index (Phi) is 7.67. The van der Waals surface area contributed by atoms with Crippen molar-refractivity contribution in [2.45, 2.75) is 31.3 Å². The highest BCUT2D eigenvalue weighted by molar-refractivity contribution is 5.90. The first-order valence-corrected chi connectivity index (χ1v) is 5.86. The summed E-state index contributed by atoms with van der Waals surface area (Å²) in [6.45, 7) is 0.281. The molecule has 0 bridgehead atoms. The molecule has 0 aromatic carbocycles. The minimum atomic E-state index is -1.24. The molecule has 0 fully saturated rings. The van der Waals surface area contributed by atoms with E-state index in [1.807, 2.05) is 0 Å². The van der Waals surface area contributed by atoms with E-state index in [1.165, 1.54) is 0 Å². The van der Waals surface area contributed by atoms with Gasteiger partial charge in [0.1, 0.15) is 6.04 Å². The molecule has 0 aliphatic rings. The van der Waals surface area contributed by atoms with Gasteiger partial charge in [-0.05, 0) is 12.8 Å². The van der Waals surface area contributed by atoms with Crippen molar-refractivity contribution in [3.05, 3.63) is 0 Å². The number of amides is 2. The van der Waals surface area contributed by atoms with Crippen LogP contribution >= 0.6 is 0 Å². The Morgan fingerprint density at radius 1 is 1.20 bits per heavy atom. The van der Waals surface area contributed by atoms with E-state index < -0.39 is 36.3 Å². The Morgan fingerprint density at radius 3 is 2.25 bits per heavy atom. The maximum Gasteiger partial charge on any atom is 0.305 e. The quantitative estimate of drug-likeness (QED) is 0.146. The van der Waals surface area contributed by atoms with Gasteiger partial charge in [-0.25, -0.2) is 0 Å². The van der Waals surface area contributed by atoms with Crippen LogP contribution in [-0.4, -0.2) is 47.5 Å². The van der Waals surface area contributed by atoms with Crippen molar-refractivity contribution in [2.24, 2.45) is 27.9 Å². The summed E-state index contributed by atoms with van der Waals surface area (Å²) in [7, 11) is 0.